The van der Waals surface area contributed by atoms with Gasteiger partial charge in [0, 0.05) is 6.04 Å². The van der Waals surface area contributed by atoms with Crippen LogP contribution < -0.4 is 10.5 Å². The molecule has 0 spiro atoms. The molecule has 4 heteroatoms. The summed E-state index contributed by atoms with van der Waals surface area (Å²) in [4.78, 5) is 8.22. The van der Waals surface area contributed by atoms with Gasteiger partial charge in [-0.25, -0.2) is 9.97 Å². The first-order valence-corrected chi connectivity index (χ1v) is 4.34. The van der Waals surface area contributed by atoms with Crippen LogP contribution in [0.4, 0.5) is 0 Å². The molecule has 1 aromatic rings. The van der Waals surface area contributed by atoms with Crippen molar-refractivity contribution in [2.45, 2.75) is 26.3 Å². The molecule has 0 fully saturated rings. The van der Waals surface area contributed by atoms with Gasteiger partial charge < -0.3 is 10.5 Å². The first-order chi connectivity index (χ1) is 6.20. The van der Waals surface area contributed by atoms with Crippen molar-refractivity contribution in [2.75, 3.05) is 7.11 Å². The third-order valence-electron chi connectivity index (χ3n) is 1.88. The molecule has 13 heavy (non-hydrogen) atoms. The summed E-state index contributed by atoms with van der Waals surface area (Å²) >= 11 is 0. The Bertz CT molecular complexity index is 286. The van der Waals surface area contributed by atoms with Gasteiger partial charge in [0.25, 0.3) is 0 Å². The fraction of sp³-hybridized carbons (Fsp3) is 0.556. The molecule has 1 atom stereocenters. The molecule has 1 unspecified atom stereocenters. The number of nitrogens with zero attached hydrogens (tertiary/aromatic N) is 2. The van der Waals surface area contributed by atoms with Crippen molar-refractivity contribution in [3.63, 3.8) is 0 Å². The largest absolute Gasteiger partial charge is 0.493 e. The summed E-state index contributed by atoms with van der Waals surface area (Å²) in [6.07, 6.45) is 2.35. The quantitative estimate of drug-likeness (QED) is 0.757. The molecule has 0 aliphatic heterocycles. The summed E-state index contributed by atoms with van der Waals surface area (Å²) in [6, 6.07) is -0.122. The van der Waals surface area contributed by atoms with Crippen molar-refractivity contribution in [2.24, 2.45) is 5.73 Å². The van der Waals surface area contributed by atoms with Crippen LogP contribution in [0.1, 0.15) is 31.3 Å². The van der Waals surface area contributed by atoms with E-state index in [0.29, 0.717) is 0 Å². The second kappa shape index (κ2) is 4.18. The summed E-state index contributed by atoms with van der Waals surface area (Å²) in [5.74, 6) is 0.722. The van der Waals surface area contributed by atoms with Crippen LogP contribution >= 0.6 is 0 Å². The van der Waals surface area contributed by atoms with Gasteiger partial charge in [-0.15, -0.1) is 0 Å². The Morgan fingerprint density at radius 2 is 2.23 bits per heavy atom. The second-order valence-corrected chi connectivity index (χ2v) is 2.88. The topological polar surface area (TPSA) is 61.0 Å². The Hall–Kier alpha value is -1.16. The number of nitrogens with two attached hydrogens (primary N) is 1. The van der Waals surface area contributed by atoms with E-state index in [1.807, 2.05) is 13.8 Å². The monoisotopic (exact) mass is 181 g/mol. The molecule has 0 aliphatic carbocycles. The summed E-state index contributed by atoms with van der Waals surface area (Å²) in [5, 5.41) is 0. The van der Waals surface area contributed by atoms with Crippen LogP contribution in [0.15, 0.2) is 6.33 Å². The van der Waals surface area contributed by atoms with Gasteiger partial charge in [-0.2, -0.15) is 0 Å². The number of aromatic nitrogens is 2. The zero-order valence-electron chi connectivity index (χ0n) is 8.24. The lowest BCUT2D eigenvalue weighted by Crippen LogP contribution is -2.11. The summed E-state index contributed by atoms with van der Waals surface area (Å²) in [6.45, 7) is 3.90. The first kappa shape index (κ1) is 9.92. The Morgan fingerprint density at radius 3 is 2.69 bits per heavy atom. The lowest BCUT2D eigenvalue weighted by atomic mass is 10.1. The minimum atomic E-state index is -0.122. The molecule has 0 aliphatic rings. The lowest BCUT2D eigenvalue weighted by molar-refractivity contribution is 0.395. The van der Waals surface area contributed by atoms with E-state index >= 15 is 0 Å². The molecular weight excluding hydrogens is 166 g/mol. The minimum absolute atomic E-state index is 0.122. The third kappa shape index (κ3) is 1.95. The van der Waals surface area contributed by atoms with Crippen molar-refractivity contribution < 1.29 is 4.74 Å². The summed E-state index contributed by atoms with van der Waals surface area (Å²) in [7, 11) is 1.61. The molecule has 0 saturated carbocycles. The number of aryl methyl sites for hydroxylation is 1. The highest BCUT2D eigenvalue weighted by atomic mass is 16.5. The molecule has 0 amide bonds. The van der Waals surface area contributed by atoms with E-state index < -0.39 is 0 Å². The molecular formula is C9H15N3O. The van der Waals surface area contributed by atoms with Crippen LogP contribution in [0.2, 0.25) is 0 Å². The fourth-order valence-electron chi connectivity index (χ4n) is 1.22. The van der Waals surface area contributed by atoms with E-state index in [1.165, 1.54) is 6.33 Å². The van der Waals surface area contributed by atoms with Crippen molar-refractivity contribution in [3.8, 4) is 5.75 Å². The number of methoxy groups -OCH3 is 1. The molecule has 1 rings (SSSR count). The molecule has 0 saturated heterocycles. The number of hydrogen-bond donors (Lipinski definition) is 1. The summed E-state index contributed by atoms with van der Waals surface area (Å²) in [5.41, 5.74) is 7.42. The van der Waals surface area contributed by atoms with E-state index in [2.05, 4.69) is 9.97 Å². The second-order valence-electron chi connectivity index (χ2n) is 2.88. The minimum Gasteiger partial charge on any atom is -0.493 e. The number of hydrogen-bond acceptors (Lipinski definition) is 4. The highest BCUT2D eigenvalue weighted by Gasteiger charge is 2.13. The Balaban J connectivity index is 3.19. The van der Waals surface area contributed by atoms with Crippen LogP contribution in [-0.2, 0) is 6.42 Å². The van der Waals surface area contributed by atoms with Crippen LogP contribution in [0.3, 0.4) is 0 Å². The van der Waals surface area contributed by atoms with Gasteiger partial charge in [-0.3, -0.25) is 0 Å². The molecule has 1 aromatic heterocycles. The zero-order valence-corrected chi connectivity index (χ0v) is 8.24. The van der Waals surface area contributed by atoms with E-state index in [9.17, 15) is 0 Å². The van der Waals surface area contributed by atoms with Crippen molar-refractivity contribution in [1.29, 1.82) is 0 Å². The van der Waals surface area contributed by atoms with Gasteiger partial charge in [0.2, 0.25) is 0 Å². The normalized spacial score (nSPS) is 12.6. The molecule has 72 valence electrons. The maximum atomic E-state index is 5.74. The summed E-state index contributed by atoms with van der Waals surface area (Å²) < 4.78 is 5.22. The standard InChI is InChI=1S/C9H15N3O/c1-4-7-9(13-3)8(6(2)10)12-5-11-7/h5-6H,4,10H2,1-3H3. The van der Waals surface area contributed by atoms with E-state index in [0.717, 1.165) is 23.6 Å². The van der Waals surface area contributed by atoms with Crippen LogP contribution in [-0.4, -0.2) is 17.1 Å². The van der Waals surface area contributed by atoms with Crippen LogP contribution in [0.5, 0.6) is 5.75 Å². The molecule has 0 radical (unpaired) electrons. The van der Waals surface area contributed by atoms with Crippen molar-refractivity contribution >= 4 is 0 Å². The lowest BCUT2D eigenvalue weighted by Gasteiger charge is -2.12. The van der Waals surface area contributed by atoms with Crippen molar-refractivity contribution in [1.82, 2.24) is 9.97 Å². The Morgan fingerprint density at radius 1 is 1.54 bits per heavy atom. The van der Waals surface area contributed by atoms with E-state index in [1.54, 1.807) is 7.11 Å². The molecule has 0 bridgehead atoms. The molecule has 0 aromatic carbocycles. The van der Waals surface area contributed by atoms with E-state index in [-0.39, 0.29) is 6.04 Å². The maximum absolute atomic E-state index is 5.74. The predicted octanol–water partition coefficient (Wildman–Crippen LogP) is 1.07. The number of rotatable bonds is 3. The van der Waals surface area contributed by atoms with Gasteiger partial charge in [0.1, 0.15) is 12.0 Å². The maximum Gasteiger partial charge on any atom is 0.163 e. The fourth-order valence-corrected chi connectivity index (χ4v) is 1.22. The Kier molecular flexibility index (Phi) is 3.19. The average Bonchev–Trinajstić information content (AvgIpc) is 2.16. The predicted molar refractivity (Wildman–Crippen MR) is 50.6 cm³/mol. The average molecular weight is 181 g/mol. The third-order valence-corrected chi connectivity index (χ3v) is 1.88. The van der Waals surface area contributed by atoms with Crippen LogP contribution in [0, 0.1) is 0 Å². The zero-order chi connectivity index (χ0) is 9.84. The van der Waals surface area contributed by atoms with Gasteiger partial charge >= 0.3 is 0 Å². The highest BCUT2D eigenvalue weighted by Crippen LogP contribution is 2.23. The molecule has 2 N–H and O–H groups in total. The van der Waals surface area contributed by atoms with Crippen LogP contribution in [0.25, 0.3) is 0 Å². The Labute approximate surface area is 78.1 Å². The van der Waals surface area contributed by atoms with E-state index in [4.69, 9.17) is 10.5 Å². The SMILES string of the molecule is CCc1ncnc(C(C)N)c1OC. The molecule has 1 heterocycles. The van der Waals surface area contributed by atoms with Gasteiger partial charge in [-0.05, 0) is 13.3 Å². The van der Waals surface area contributed by atoms with Gasteiger partial charge in [0.05, 0.1) is 12.8 Å². The van der Waals surface area contributed by atoms with Gasteiger partial charge in [-0.1, -0.05) is 6.92 Å². The van der Waals surface area contributed by atoms with Gasteiger partial charge in [0.15, 0.2) is 5.75 Å². The van der Waals surface area contributed by atoms with Crippen molar-refractivity contribution in [3.05, 3.63) is 17.7 Å². The highest BCUT2D eigenvalue weighted by molar-refractivity contribution is 5.33. The smallest absolute Gasteiger partial charge is 0.163 e. The number of ether oxygens (including phenoxy) is 1. The first-order valence-electron chi connectivity index (χ1n) is 4.34. The molecule has 4 nitrogen and oxygen atoms in total.